The zero-order chi connectivity index (χ0) is 84.5. The maximum Gasteiger partial charge on any atom is 0.351 e. The predicted octanol–water partition coefficient (Wildman–Crippen LogP) is 8.45. The van der Waals surface area contributed by atoms with E-state index in [2.05, 4.69) is 46.9 Å². The van der Waals surface area contributed by atoms with Crippen LogP contribution in [0, 0.1) is 0 Å². The van der Waals surface area contributed by atoms with Gasteiger partial charge in [0.1, 0.15) is 108 Å². The summed E-state index contributed by atoms with van der Waals surface area (Å²) in [7, 11) is 0. The van der Waals surface area contributed by atoms with Gasteiger partial charge >= 0.3 is 53.1 Å². The van der Waals surface area contributed by atoms with E-state index in [0.717, 1.165) is 29.5 Å². The van der Waals surface area contributed by atoms with Crippen LogP contribution in [-0.2, 0) is 76.7 Å². The number of aromatic carboxylic acids is 3. The van der Waals surface area contributed by atoms with Gasteiger partial charge < -0.3 is 96.9 Å². The van der Waals surface area contributed by atoms with Crippen LogP contribution in [0.2, 0.25) is 0 Å². The Morgan fingerprint density at radius 1 is 0.438 bits per heavy atom. The summed E-state index contributed by atoms with van der Waals surface area (Å²) in [6.45, 7) is 4.37. The molecule has 12 heterocycles. The van der Waals surface area contributed by atoms with Crippen molar-refractivity contribution in [1.82, 2.24) is 44.6 Å². The molecule has 121 heavy (non-hydrogen) atoms. The van der Waals surface area contributed by atoms with E-state index in [-0.39, 0.29) is 91.3 Å². The summed E-state index contributed by atoms with van der Waals surface area (Å²) in [5.41, 5.74) is 1.16. The first-order chi connectivity index (χ1) is 58.8. The number of carbonyl (C=O) groups excluding carboxylic acids is 3. The van der Waals surface area contributed by atoms with Gasteiger partial charge in [0.05, 0.1) is 44.5 Å². The molecular weight excluding hydrogens is 1600 g/mol. The molecule has 1 aliphatic carbocycles. The summed E-state index contributed by atoms with van der Waals surface area (Å²) in [5.74, 6) is -2.63. The molecule has 6 aliphatic heterocycles. The Hall–Kier alpha value is -12.5. The van der Waals surface area contributed by atoms with E-state index in [9.17, 15) is 58.5 Å². The first kappa shape index (κ1) is 85.0. The summed E-state index contributed by atoms with van der Waals surface area (Å²) in [6, 6.07) is 36.5. The van der Waals surface area contributed by atoms with Crippen LogP contribution in [0.3, 0.4) is 0 Å². The maximum atomic E-state index is 13.0. The van der Waals surface area contributed by atoms with Gasteiger partial charge in [0.15, 0.2) is 37.6 Å². The summed E-state index contributed by atoms with van der Waals surface area (Å²) in [4.78, 5) is 121. The monoisotopic (exact) mass is 1680 g/mol. The second-order valence-corrected chi connectivity index (χ2v) is 28.8. The molecule has 0 spiro atoms. The number of nitrogens with zero attached hydrogens (tertiary/aromatic N) is 6. The summed E-state index contributed by atoms with van der Waals surface area (Å²) in [6.07, 6.45) is 9.29. The molecule has 39 heteroatoms. The van der Waals surface area contributed by atoms with Crippen LogP contribution in [0.4, 0.5) is 31.8 Å². The number of urea groups is 3. The van der Waals surface area contributed by atoms with Crippen LogP contribution in [0.15, 0.2) is 205 Å². The fourth-order valence-electron chi connectivity index (χ4n) is 13.7. The third-order valence-electron chi connectivity index (χ3n) is 19.4. The van der Waals surface area contributed by atoms with Crippen LogP contribution in [0.5, 0.6) is 0 Å². The Labute approximate surface area is 691 Å². The highest BCUT2D eigenvalue weighted by molar-refractivity contribution is 7.10. The number of thiophene rings is 1. The van der Waals surface area contributed by atoms with E-state index in [4.69, 9.17) is 65.7 Å². The average molecular weight is 1690 g/mol. The predicted molar refractivity (Wildman–Crippen MR) is 426 cm³/mol. The molecular formula is C82H84N12O26S. The summed E-state index contributed by atoms with van der Waals surface area (Å²) < 4.78 is 87.0. The highest BCUT2D eigenvalue weighted by Gasteiger charge is 2.56. The van der Waals surface area contributed by atoms with Crippen LogP contribution >= 0.6 is 11.3 Å². The van der Waals surface area contributed by atoms with Crippen molar-refractivity contribution in [3.8, 4) is 0 Å². The Morgan fingerprint density at radius 2 is 0.785 bits per heavy atom. The standard InChI is InChI=1S/C28H28N4O9.C27H28N4O9.C27H28N4O8S/c33-26(34)18-11-13-38-19(18)14-37-15-20-23-24(41-22(40-23)9-6-16-4-2-1-3-5-16)25(39-20)32-12-10-21(31-28(32)36)30-27(35)29-17-7-8-17;1-2-28-26(34)29-20-10-12-31(27(35)30-20)24-23-22(39-21(40-23)9-8-16-6-4-3-5-7-16)19(38-24)15-36-14-18-17(25(32)33)11-13-37-18;1-2-28-26(34)29-20-10-12-31(27(35)30-20)24-23-22(38-21(39-23)9-8-16-6-4-3-5-7-16)18(37-24)14-36-15-19-17(25(32)33)11-13-40-19/h1-6,9-13,17,20,22-25H,7-8,14-15H2,(H,33,34)(H2,29,30,31,35,36);3-13,19,21-24H,2,14-15H2,1H3,(H,32,33)(H2,28,29,30,34,35);3-13,18,21-24H,2,14-15H2,1H3,(H,32,33)(H2,28,29,30,34,35)/b9-6+;2*9-8+/t20-,22+,23?,24+,25-;19-,21+,22?,23+,24-;18-,21+,22?,23+,24-/m111/s1. The zero-order valence-corrected chi connectivity index (χ0v) is 65.5. The number of benzene rings is 3. The highest BCUT2D eigenvalue weighted by Crippen LogP contribution is 2.43. The van der Waals surface area contributed by atoms with Crippen molar-refractivity contribution < 1.29 is 110 Å². The molecule has 6 aromatic heterocycles. The van der Waals surface area contributed by atoms with Gasteiger partial charge in [0, 0.05) is 42.6 Å². The highest BCUT2D eigenvalue weighted by atomic mass is 32.1. The lowest BCUT2D eigenvalue weighted by Gasteiger charge is -2.20. The molecule has 15 atom stereocenters. The van der Waals surface area contributed by atoms with Gasteiger partial charge in [-0.1, -0.05) is 109 Å². The number of carbonyl (C=O) groups is 6. The number of hydrogen-bond donors (Lipinski definition) is 9. The molecule has 3 unspecified atom stereocenters. The lowest BCUT2D eigenvalue weighted by molar-refractivity contribution is -0.141. The van der Waals surface area contributed by atoms with Gasteiger partial charge in [0.2, 0.25) is 0 Å². The topological polar surface area (TPSA) is 477 Å². The number of rotatable bonds is 30. The quantitative estimate of drug-likeness (QED) is 0.0204. The lowest BCUT2D eigenvalue weighted by Crippen LogP contribution is -2.36. The molecule has 7 aliphatic rings. The zero-order valence-electron chi connectivity index (χ0n) is 64.7. The van der Waals surface area contributed by atoms with Crippen LogP contribution in [-0.4, -0.2) is 193 Å². The smallest absolute Gasteiger partial charge is 0.351 e. The van der Waals surface area contributed by atoms with Crippen LogP contribution < -0.4 is 49.0 Å². The molecule has 1 saturated carbocycles. The molecule has 634 valence electrons. The number of carboxylic acid groups (broad SMARTS) is 3. The van der Waals surface area contributed by atoms with Crippen molar-refractivity contribution in [2.24, 2.45) is 0 Å². The van der Waals surface area contributed by atoms with Gasteiger partial charge in [-0.25, -0.2) is 43.2 Å². The molecule has 9 N–H and O–H groups in total. The first-order valence-corrected chi connectivity index (χ1v) is 39.3. The molecule has 9 aromatic rings. The minimum Gasteiger partial charge on any atom is -0.478 e. The van der Waals surface area contributed by atoms with Crippen molar-refractivity contribution in [2.75, 3.05) is 48.9 Å². The molecule has 0 radical (unpaired) electrons. The van der Waals surface area contributed by atoms with Gasteiger partial charge in [-0.2, -0.15) is 15.0 Å². The van der Waals surface area contributed by atoms with Gasteiger partial charge in [-0.15, -0.1) is 11.3 Å². The molecule has 38 nitrogen and oxygen atoms in total. The number of furan rings is 2. The largest absolute Gasteiger partial charge is 0.478 e. The number of ether oxygens (including phenoxy) is 12. The van der Waals surface area contributed by atoms with E-state index in [0.29, 0.717) is 18.0 Å². The second kappa shape index (κ2) is 40.1. The van der Waals surface area contributed by atoms with E-state index in [1.807, 2.05) is 109 Å². The minimum atomic E-state index is -1.12. The third-order valence-corrected chi connectivity index (χ3v) is 20.3. The second-order valence-electron chi connectivity index (χ2n) is 27.8. The van der Waals surface area contributed by atoms with Gasteiger partial charge in [-0.3, -0.25) is 29.7 Å². The molecule has 3 aromatic carbocycles. The average Bonchev–Trinajstić information content (AvgIpc) is 1.59. The van der Waals surface area contributed by atoms with E-state index < -0.39 is 146 Å². The molecule has 6 amide bonds. The fraction of sp³-hybridized carbons (Fsp3) is 0.341. The fourth-order valence-corrected chi connectivity index (χ4v) is 14.5. The van der Waals surface area contributed by atoms with Crippen molar-refractivity contribution in [1.29, 1.82) is 0 Å². The molecule has 7 fully saturated rings. The van der Waals surface area contributed by atoms with E-state index in [1.54, 1.807) is 37.5 Å². The third kappa shape index (κ3) is 21.8. The van der Waals surface area contributed by atoms with Crippen molar-refractivity contribution >= 4 is 83.0 Å². The summed E-state index contributed by atoms with van der Waals surface area (Å²) in [5, 5.41) is 45.1. The Bertz CT molecular complexity index is 5150. The number of nitrogens with one attached hydrogen (secondary N) is 6. The Kier molecular flexibility index (Phi) is 28.1. The van der Waals surface area contributed by atoms with Crippen molar-refractivity contribution in [3.05, 3.63) is 263 Å². The molecule has 0 bridgehead atoms. The SMILES string of the molecule is CCNC(=O)Nc1ccn([C@@H]2O[C@H](COCc3occc3C(=O)O)C3O[C@H](/C=C/c4ccccc4)O[C@@H]32)c(=O)n1.CCNC(=O)Nc1ccn([C@@H]2O[C@H](COCc3sccc3C(=O)O)C3O[C@H](/C=C/c4ccccc4)O[C@@H]32)c(=O)n1.O=C(Nc1ccn([C@@H]2O[C@H](COCc3occc3C(=O)O)C3O[C@H](/C=C/c4ccccc4)O[C@@H]32)c(=O)n1)NC1CC1. The van der Waals surface area contributed by atoms with Crippen molar-refractivity contribution in [2.45, 2.75) is 145 Å². The number of aromatic nitrogens is 6. The van der Waals surface area contributed by atoms with Crippen LogP contribution in [0.25, 0.3) is 18.2 Å². The summed E-state index contributed by atoms with van der Waals surface area (Å²) >= 11 is 1.29. The number of fused-ring (bicyclic) bond motifs is 3. The normalized spacial score (nSPS) is 24.3. The van der Waals surface area contributed by atoms with Crippen LogP contribution in [0.1, 0.15) is 110 Å². The lowest BCUT2D eigenvalue weighted by atomic mass is 10.1. The number of hydrogen-bond acceptors (Lipinski definition) is 27. The molecule has 6 saturated heterocycles. The first-order valence-electron chi connectivity index (χ1n) is 38.5. The maximum absolute atomic E-state index is 13.0. The van der Waals surface area contributed by atoms with E-state index in [1.165, 1.54) is 92.6 Å². The number of carboxylic acids is 3. The van der Waals surface area contributed by atoms with Gasteiger partial charge in [0.25, 0.3) is 0 Å². The Morgan fingerprint density at radius 3 is 1.12 bits per heavy atom. The number of amides is 6. The Balaban J connectivity index is 0.000000148. The van der Waals surface area contributed by atoms with Crippen molar-refractivity contribution in [3.63, 3.8) is 0 Å². The molecule has 16 rings (SSSR count). The van der Waals surface area contributed by atoms with Gasteiger partial charge in [-0.05, 0) is 103 Å². The van der Waals surface area contributed by atoms with E-state index >= 15 is 0 Å². The number of anilines is 3. The minimum absolute atomic E-state index is 0.00796.